The Labute approximate surface area is 331 Å². The van der Waals surface area contributed by atoms with Crippen LogP contribution < -0.4 is 15.0 Å². The Morgan fingerprint density at radius 1 is 0.893 bits per heavy atom. The van der Waals surface area contributed by atoms with E-state index in [1.54, 1.807) is 31.8 Å². The molecule has 3 heterocycles. The summed E-state index contributed by atoms with van der Waals surface area (Å²) in [6.07, 6.45) is 2.37. The Bertz CT molecular complexity index is 2060. The molecule has 0 radical (unpaired) electrons. The predicted molar refractivity (Wildman–Crippen MR) is 223 cm³/mol. The maximum absolute atomic E-state index is 13.3. The van der Waals surface area contributed by atoms with Crippen molar-refractivity contribution in [2.45, 2.75) is 88.6 Å². The van der Waals surface area contributed by atoms with Crippen LogP contribution in [0.4, 0.5) is 5.95 Å². The van der Waals surface area contributed by atoms with Crippen molar-refractivity contribution in [1.82, 2.24) is 24.4 Å². The lowest BCUT2D eigenvalue weighted by molar-refractivity contribution is -0.0843. The highest BCUT2D eigenvalue weighted by atomic mass is 28.4. The Balaban J connectivity index is 1.45. The topological polar surface area (TPSA) is 125 Å². The van der Waals surface area contributed by atoms with Gasteiger partial charge in [-0.25, -0.2) is 9.98 Å². The molecule has 3 atom stereocenters. The molecular weight excluding hydrogens is 725 g/mol. The fourth-order valence-corrected chi connectivity index (χ4v) is 14.0. The van der Waals surface area contributed by atoms with E-state index in [1.165, 1.54) is 0 Å². The summed E-state index contributed by atoms with van der Waals surface area (Å²) in [4.78, 5) is 31.4. The van der Waals surface area contributed by atoms with Crippen molar-refractivity contribution in [3.05, 3.63) is 112 Å². The van der Waals surface area contributed by atoms with Gasteiger partial charge in [0.15, 0.2) is 17.4 Å². The van der Waals surface area contributed by atoms with Crippen molar-refractivity contribution in [2.24, 2.45) is 4.99 Å². The molecule has 5 aromatic rings. The van der Waals surface area contributed by atoms with Crippen molar-refractivity contribution in [1.29, 1.82) is 0 Å². The standard InChI is InChI=1S/C43H56N6O6Si/c1-28(2)56(29(3)4,30(5)6)55-37-24-36(54-41(37)49-27-44-38-39(49)46-42(47-40(38)50)45-26-48(7)8)25-53-43(31-14-12-11-13-15-31,32-16-20-34(51-9)21-17-32)33-18-22-35(52-10)23-19-33/h11-23,26-30,36-37,41H,24-25H2,1-10H3,(H,46,47,50)/b45-26+/t36-,37+,41+/m0/s1. The Morgan fingerprint density at radius 2 is 1.45 bits per heavy atom. The molecule has 0 amide bonds. The molecule has 2 aromatic heterocycles. The average molecular weight is 781 g/mol. The zero-order valence-electron chi connectivity index (χ0n) is 34.2. The van der Waals surface area contributed by atoms with E-state index in [9.17, 15) is 4.79 Å². The summed E-state index contributed by atoms with van der Waals surface area (Å²) < 4.78 is 34.8. The van der Waals surface area contributed by atoms with Crippen LogP contribution in [0, 0.1) is 0 Å². The molecule has 6 rings (SSSR count). The summed E-state index contributed by atoms with van der Waals surface area (Å²) in [5.74, 6) is 1.67. The molecule has 12 nitrogen and oxygen atoms in total. The Kier molecular flexibility index (Phi) is 12.5. The van der Waals surface area contributed by atoms with Gasteiger partial charge in [0.05, 0.1) is 45.7 Å². The maximum Gasteiger partial charge on any atom is 0.280 e. The molecule has 13 heteroatoms. The molecule has 0 unspecified atom stereocenters. The van der Waals surface area contributed by atoms with Crippen molar-refractivity contribution < 1.29 is 23.4 Å². The van der Waals surface area contributed by atoms with Crippen LogP contribution in [0.15, 0.2) is 95.0 Å². The van der Waals surface area contributed by atoms with E-state index in [1.807, 2.05) is 85.4 Å². The third kappa shape index (κ3) is 7.90. The predicted octanol–water partition coefficient (Wildman–Crippen LogP) is 8.22. The van der Waals surface area contributed by atoms with Crippen LogP contribution in [0.3, 0.4) is 0 Å². The molecule has 1 saturated heterocycles. The maximum atomic E-state index is 13.3. The number of H-pyrrole nitrogens is 1. The number of rotatable bonds is 16. The minimum Gasteiger partial charge on any atom is -0.497 e. The molecule has 56 heavy (non-hydrogen) atoms. The first-order chi connectivity index (χ1) is 26.8. The van der Waals surface area contributed by atoms with Crippen molar-refractivity contribution in [2.75, 3.05) is 34.9 Å². The van der Waals surface area contributed by atoms with E-state index < -0.39 is 26.3 Å². The van der Waals surface area contributed by atoms with Gasteiger partial charge in [0.2, 0.25) is 14.3 Å². The number of hydrogen-bond donors (Lipinski definition) is 1. The van der Waals surface area contributed by atoms with Crippen molar-refractivity contribution in [3.8, 4) is 11.5 Å². The average Bonchev–Trinajstić information content (AvgIpc) is 3.80. The van der Waals surface area contributed by atoms with Crippen molar-refractivity contribution >= 4 is 31.8 Å². The van der Waals surface area contributed by atoms with Crippen LogP contribution >= 0.6 is 0 Å². The highest BCUT2D eigenvalue weighted by molar-refractivity contribution is 6.77. The van der Waals surface area contributed by atoms with Crippen LogP contribution in [0.1, 0.15) is 70.9 Å². The number of nitrogens with one attached hydrogen (secondary N) is 1. The van der Waals surface area contributed by atoms with Gasteiger partial charge >= 0.3 is 0 Å². The molecule has 1 aliphatic heterocycles. The monoisotopic (exact) mass is 780 g/mol. The quantitative estimate of drug-likeness (QED) is 0.0457. The fraction of sp³-hybridized carbons (Fsp3) is 0.442. The normalized spacial score (nSPS) is 17.8. The van der Waals surface area contributed by atoms with Gasteiger partial charge in [0, 0.05) is 20.5 Å². The first-order valence-corrected chi connectivity index (χ1v) is 21.5. The number of aromatic nitrogens is 4. The highest BCUT2D eigenvalue weighted by Crippen LogP contribution is 2.48. The second-order valence-corrected chi connectivity index (χ2v) is 21.0. The second kappa shape index (κ2) is 17.1. The van der Waals surface area contributed by atoms with Crippen LogP contribution in [-0.4, -0.2) is 86.2 Å². The van der Waals surface area contributed by atoms with Crippen LogP contribution in [0.25, 0.3) is 11.2 Å². The number of nitrogens with zero attached hydrogens (tertiary/aromatic N) is 5. The first-order valence-electron chi connectivity index (χ1n) is 19.3. The summed E-state index contributed by atoms with van der Waals surface area (Å²) in [7, 11) is 4.60. The highest BCUT2D eigenvalue weighted by Gasteiger charge is 2.51. The van der Waals surface area contributed by atoms with Gasteiger partial charge in [-0.3, -0.25) is 14.3 Å². The van der Waals surface area contributed by atoms with Gasteiger partial charge in [-0.2, -0.15) is 4.98 Å². The van der Waals surface area contributed by atoms with E-state index >= 15 is 0 Å². The molecule has 0 spiro atoms. The lowest BCUT2D eigenvalue weighted by atomic mass is 9.80. The number of imidazole rings is 1. The molecule has 0 bridgehead atoms. The van der Waals surface area contributed by atoms with Gasteiger partial charge in [0.1, 0.15) is 17.1 Å². The number of ether oxygens (including phenoxy) is 4. The fourth-order valence-electron chi connectivity index (χ4n) is 8.47. The minimum absolute atomic E-state index is 0.176. The summed E-state index contributed by atoms with van der Waals surface area (Å²) in [6, 6.07) is 26.2. The van der Waals surface area contributed by atoms with E-state index in [2.05, 4.69) is 68.6 Å². The zero-order chi connectivity index (χ0) is 40.2. The molecule has 0 aliphatic carbocycles. The number of benzene rings is 3. The number of methoxy groups -OCH3 is 2. The zero-order valence-corrected chi connectivity index (χ0v) is 35.2. The summed E-state index contributed by atoms with van der Waals surface area (Å²) in [6.45, 7) is 13.9. The summed E-state index contributed by atoms with van der Waals surface area (Å²) in [5.41, 5.74) is 3.00. The summed E-state index contributed by atoms with van der Waals surface area (Å²) >= 11 is 0. The number of aliphatic imine (C=N–C) groups is 1. The van der Waals surface area contributed by atoms with E-state index in [4.69, 9.17) is 28.4 Å². The van der Waals surface area contributed by atoms with Gasteiger partial charge in [-0.1, -0.05) is 96.1 Å². The molecule has 298 valence electrons. The lowest BCUT2D eigenvalue weighted by Gasteiger charge is -2.44. The lowest BCUT2D eigenvalue weighted by Crippen LogP contribution is -2.51. The van der Waals surface area contributed by atoms with Gasteiger partial charge in [-0.15, -0.1) is 0 Å². The minimum atomic E-state index is -2.42. The van der Waals surface area contributed by atoms with Gasteiger partial charge in [-0.05, 0) is 57.6 Å². The summed E-state index contributed by atoms with van der Waals surface area (Å²) in [5, 5.41) is 0. The van der Waals surface area contributed by atoms with Crippen LogP contribution in [0.2, 0.25) is 16.6 Å². The van der Waals surface area contributed by atoms with E-state index in [0.29, 0.717) is 28.7 Å². The number of fused-ring (bicyclic) bond motifs is 1. The van der Waals surface area contributed by atoms with Gasteiger partial charge < -0.3 is 28.3 Å². The molecule has 1 aliphatic rings. The molecule has 0 saturated carbocycles. The van der Waals surface area contributed by atoms with Crippen LogP contribution in [0.5, 0.6) is 11.5 Å². The van der Waals surface area contributed by atoms with Gasteiger partial charge in [0.25, 0.3) is 5.56 Å². The van der Waals surface area contributed by atoms with E-state index in [-0.39, 0.29) is 29.7 Å². The van der Waals surface area contributed by atoms with Crippen LogP contribution in [-0.2, 0) is 19.5 Å². The van der Waals surface area contributed by atoms with E-state index in [0.717, 1.165) is 28.2 Å². The number of aromatic amines is 1. The second-order valence-electron chi connectivity index (χ2n) is 15.6. The first kappa shape index (κ1) is 40.8. The third-order valence-electron chi connectivity index (χ3n) is 11.0. The smallest absolute Gasteiger partial charge is 0.280 e. The molecule has 1 N–H and O–H groups in total. The Hall–Kier alpha value is -4.82. The SMILES string of the molecule is COc1ccc(C(OC[C@@H]2C[C@@H](O[Si](C(C)C)(C(C)C)C(C)C)[C@H](n3cnc4c(=O)[nH]c(/N=C/N(C)C)nc43)O2)(c2ccccc2)c2ccc(OC)cc2)cc1. The molecule has 3 aromatic carbocycles. The third-order valence-corrected chi connectivity index (χ3v) is 17.1. The largest absolute Gasteiger partial charge is 0.497 e. The molecule has 1 fully saturated rings. The van der Waals surface area contributed by atoms with Crippen molar-refractivity contribution in [3.63, 3.8) is 0 Å². The number of hydrogen-bond acceptors (Lipinski definition) is 9. The Morgan fingerprint density at radius 3 is 1.96 bits per heavy atom. The molecular formula is C43H56N6O6Si.